The van der Waals surface area contributed by atoms with E-state index in [4.69, 9.17) is 5.73 Å². The van der Waals surface area contributed by atoms with E-state index in [0.717, 1.165) is 0 Å². The molecule has 0 aliphatic rings. The van der Waals surface area contributed by atoms with E-state index in [2.05, 4.69) is 20.7 Å². The van der Waals surface area contributed by atoms with Crippen molar-refractivity contribution in [2.45, 2.75) is 18.9 Å². The maximum absolute atomic E-state index is 13.6. The molecule has 0 saturated carbocycles. The Morgan fingerprint density at radius 3 is 2.72 bits per heavy atom. The number of halogens is 3. The molecule has 1 atom stereocenters. The van der Waals surface area contributed by atoms with E-state index in [-0.39, 0.29) is 22.4 Å². The number of nitrogens with two attached hydrogens (primary N) is 1. The monoisotopic (exact) mass is 323 g/mol. The Bertz CT molecular complexity index is 454. The Morgan fingerprint density at radius 2 is 2.22 bits per heavy atom. The van der Waals surface area contributed by atoms with Crippen LogP contribution in [0.3, 0.4) is 0 Å². The van der Waals surface area contributed by atoms with Crippen molar-refractivity contribution in [2.75, 3.05) is 6.61 Å². The number of aromatic hydroxyl groups is 1. The molecule has 1 rings (SSSR count). The Kier molecular flexibility index (Phi) is 4.64. The molecule has 0 unspecified atom stereocenters. The summed E-state index contributed by atoms with van der Waals surface area (Å²) < 4.78 is 31.8. The summed E-state index contributed by atoms with van der Waals surface area (Å²) in [7, 11) is 0. The molecule has 0 aliphatic carbocycles. The van der Waals surface area contributed by atoms with Crippen LogP contribution in [0.15, 0.2) is 22.7 Å². The van der Waals surface area contributed by atoms with Gasteiger partial charge in [-0.3, -0.25) is 0 Å². The van der Waals surface area contributed by atoms with Gasteiger partial charge >= 0.3 is 11.9 Å². The van der Waals surface area contributed by atoms with Crippen LogP contribution in [-0.4, -0.2) is 23.6 Å². The van der Waals surface area contributed by atoms with Crippen LogP contribution in [0.2, 0.25) is 0 Å². The number of rotatable bonds is 4. The van der Waals surface area contributed by atoms with Gasteiger partial charge in [0.05, 0.1) is 11.1 Å². The van der Waals surface area contributed by atoms with Crippen molar-refractivity contribution in [1.29, 1.82) is 0 Å². The molecule has 0 heterocycles. The predicted molar refractivity (Wildman–Crippen MR) is 64.3 cm³/mol. The lowest BCUT2D eigenvalue weighted by molar-refractivity contribution is -0.174. The molecule has 0 radical (unpaired) electrons. The molecule has 0 aromatic heterocycles. The highest BCUT2D eigenvalue weighted by Gasteiger charge is 2.47. The van der Waals surface area contributed by atoms with Gasteiger partial charge in [-0.2, -0.15) is 8.78 Å². The van der Waals surface area contributed by atoms with Crippen molar-refractivity contribution in [1.82, 2.24) is 0 Å². The van der Waals surface area contributed by atoms with Gasteiger partial charge in [0.2, 0.25) is 0 Å². The molecule has 4 nitrogen and oxygen atoms in total. The first-order chi connectivity index (χ1) is 8.30. The average Bonchev–Trinajstić information content (AvgIpc) is 2.32. The number of hydrogen-bond acceptors (Lipinski definition) is 4. The third-order valence-corrected chi connectivity index (χ3v) is 2.90. The molecule has 1 aromatic carbocycles. The number of phenolic OH excluding ortho intramolecular Hbond substituents is 1. The molecule has 0 bridgehead atoms. The Balaban J connectivity index is 3.01. The van der Waals surface area contributed by atoms with Crippen LogP contribution in [0.4, 0.5) is 8.78 Å². The van der Waals surface area contributed by atoms with E-state index in [9.17, 15) is 18.7 Å². The second-order valence-corrected chi connectivity index (χ2v) is 4.39. The average molecular weight is 324 g/mol. The number of benzene rings is 1. The van der Waals surface area contributed by atoms with E-state index in [1.54, 1.807) is 0 Å². The van der Waals surface area contributed by atoms with Crippen LogP contribution >= 0.6 is 15.9 Å². The molecular formula is C11H12BrF2NO3. The SMILES string of the molecule is CCOC(=O)C(F)(F)[C@@H](N)c1ccc(O)c(Br)c1. The largest absolute Gasteiger partial charge is 0.507 e. The summed E-state index contributed by atoms with van der Waals surface area (Å²) in [5, 5.41) is 9.25. The van der Waals surface area contributed by atoms with Crippen LogP contribution in [0.5, 0.6) is 5.75 Å². The Labute approximate surface area is 111 Å². The molecule has 0 fully saturated rings. The quantitative estimate of drug-likeness (QED) is 0.834. The Hall–Kier alpha value is -1.21. The molecule has 18 heavy (non-hydrogen) atoms. The van der Waals surface area contributed by atoms with E-state index in [1.165, 1.54) is 25.1 Å². The smallest absolute Gasteiger partial charge is 0.379 e. The number of phenols is 1. The fraction of sp³-hybridized carbons (Fsp3) is 0.364. The number of hydrogen-bond donors (Lipinski definition) is 2. The van der Waals surface area contributed by atoms with Gasteiger partial charge < -0.3 is 15.6 Å². The van der Waals surface area contributed by atoms with Crippen LogP contribution < -0.4 is 5.73 Å². The number of carbonyl (C=O) groups is 1. The zero-order valence-corrected chi connectivity index (χ0v) is 11.1. The summed E-state index contributed by atoms with van der Waals surface area (Å²) in [6.07, 6.45) is 0. The van der Waals surface area contributed by atoms with Crippen molar-refractivity contribution in [3.05, 3.63) is 28.2 Å². The minimum Gasteiger partial charge on any atom is -0.507 e. The first-order valence-electron chi connectivity index (χ1n) is 5.09. The number of carbonyl (C=O) groups excluding carboxylic acids is 1. The van der Waals surface area contributed by atoms with Gasteiger partial charge in [-0.15, -0.1) is 0 Å². The van der Waals surface area contributed by atoms with Gasteiger partial charge in [-0.1, -0.05) is 6.07 Å². The number of ether oxygens (including phenoxy) is 1. The van der Waals surface area contributed by atoms with Crippen molar-refractivity contribution in [3.63, 3.8) is 0 Å². The summed E-state index contributed by atoms with van der Waals surface area (Å²) >= 11 is 2.98. The Morgan fingerprint density at radius 1 is 1.61 bits per heavy atom. The normalized spacial score (nSPS) is 13.2. The summed E-state index contributed by atoms with van der Waals surface area (Å²) in [5.41, 5.74) is 5.38. The van der Waals surface area contributed by atoms with E-state index < -0.39 is 17.9 Å². The standard InChI is InChI=1S/C11H12BrF2NO3/c1-2-18-10(17)11(13,14)9(15)6-3-4-8(16)7(12)5-6/h3-5,9,16H,2,15H2,1H3/t9-/m0/s1. The van der Waals surface area contributed by atoms with E-state index >= 15 is 0 Å². The van der Waals surface area contributed by atoms with Gasteiger partial charge in [-0.25, -0.2) is 4.79 Å². The second kappa shape index (κ2) is 5.62. The molecular weight excluding hydrogens is 312 g/mol. The maximum atomic E-state index is 13.6. The zero-order valence-electron chi connectivity index (χ0n) is 9.49. The minimum atomic E-state index is -3.83. The maximum Gasteiger partial charge on any atom is 0.379 e. The van der Waals surface area contributed by atoms with E-state index in [0.29, 0.717) is 0 Å². The van der Waals surface area contributed by atoms with Gasteiger partial charge in [0, 0.05) is 0 Å². The zero-order chi connectivity index (χ0) is 13.9. The fourth-order valence-corrected chi connectivity index (χ4v) is 1.68. The third kappa shape index (κ3) is 2.97. The molecule has 0 saturated heterocycles. The summed E-state index contributed by atoms with van der Waals surface area (Å²) in [6.45, 7) is 1.27. The summed E-state index contributed by atoms with van der Waals surface area (Å²) in [6, 6.07) is 1.82. The van der Waals surface area contributed by atoms with Gasteiger partial charge in [0.1, 0.15) is 11.8 Å². The van der Waals surface area contributed by atoms with Crippen molar-refractivity contribution < 1.29 is 23.4 Å². The minimum absolute atomic E-state index is 0.0118. The van der Waals surface area contributed by atoms with Crippen molar-refractivity contribution in [2.24, 2.45) is 5.73 Å². The fourth-order valence-electron chi connectivity index (χ4n) is 1.28. The topological polar surface area (TPSA) is 72.5 Å². The highest BCUT2D eigenvalue weighted by Crippen LogP contribution is 2.34. The second-order valence-electron chi connectivity index (χ2n) is 3.53. The first-order valence-corrected chi connectivity index (χ1v) is 5.89. The predicted octanol–water partition coefficient (Wildman–Crippen LogP) is 2.35. The molecule has 100 valence electrons. The molecule has 7 heteroatoms. The number of esters is 1. The van der Waals surface area contributed by atoms with Crippen LogP contribution in [0, 0.1) is 0 Å². The van der Waals surface area contributed by atoms with Crippen molar-refractivity contribution >= 4 is 21.9 Å². The summed E-state index contributed by atoms with van der Waals surface area (Å²) in [4.78, 5) is 11.1. The highest BCUT2D eigenvalue weighted by atomic mass is 79.9. The molecule has 0 amide bonds. The van der Waals surface area contributed by atoms with Crippen LogP contribution in [0.25, 0.3) is 0 Å². The summed E-state index contributed by atoms with van der Waals surface area (Å²) in [5.74, 6) is -5.60. The first kappa shape index (κ1) is 14.8. The van der Waals surface area contributed by atoms with Crippen LogP contribution in [0.1, 0.15) is 18.5 Å². The molecule has 0 spiro atoms. The van der Waals surface area contributed by atoms with Gasteiger partial charge in [-0.05, 0) is 40.5 Å². The van der Waals surface area contributed by atoms with Crippen LogP contribution in [-0.2, 0) is 9.53 Å². The lowest BCUT2D eigenvalue weighted by Gasteiger charge is -2.22. The third-order valence-electron chi connectivity index (χ3n) is 2.27. The lowest BCUT2D eigenvalue weighted by atomic mass is 10.0. The molecule has 3 N–H and O–H groups in total. The highest BCUT2D eigenvalue weighted by molar-refractivity contribution is 9.10. The molecule has 1 aromatic rings. The lowest BCUT2D eigenvalue weighted by Crippen LogP contribution is -2.41. The van der Waals surface area contributed by atoms with Gasteiger partial charge in [0.15, 0.2) is 0 Å². The number of alkyl halides is 2. The van der Waals surface area contributed by atoms with Crippen molar-refractivity contribution in [3.8, 4) is 5.75 Å². The van der Waals surface area contributed by atoms with Gasteiger partial charge in [0.25, 0.3) is 0 Å². The van der Waals surface area contributed by atoms with E-state index in [1.807, 2.05) is 0 Å². The molecule has 0 aliphatic heterocycles.